The monoisotopic (exact) mass is 260 g/mol. The van der Waals surface area contributed by atoms with Crippen LogP contribution in [0.15, 0.2) is 42.5 Å². The summed E-state index contributed by atoms with van der Waals surface area (Å²) < 4.78 is 5.20. The van der Waals surface area contributed by atoms with E-state index in [-0.39, 0.29) is 5.78 Å². The fourth-order valence-corrected chi connectivity index (χ4v) is 1.95. The molecule has 0 spiro atoms. The van der Waals surface area contributed by atoms with Gasteiger partial charge in [0.1, 0.15) is 5.75 Å². The molecule has 2 aromatic rings. The number of benzene rings is 2. The van der Waals surface area contributed by atoms with E-state index < -0.39 is 0 Å². The second kappa shape index (κ2) is 5.23. The SMILES string of the molecule is COc1ccc(C(C)=O)c(-c2ccc(Cl)cc2)c1. The first kappa shape index (κ1) is 12.7. The van der Waals surface area contributed by atoms with E-state index in [9.17, 15) is 4.79 Å². The first-order valence-electron chi connectivity index (χ1n) is 5.56. The van der Waals surface area contributed by atoms with Gasteiger partial charge in [-0.3, -0.25) is 4.79 Å². The Morgan fingerprint density at radius 1 is 1.11 bits per heavy atom. The van der Waals surface area contributed by atoms with E-state index in [1.807, 2.05) is 18.2 Å². The van der Waals surface area contributed by atoms with Crippen molar-refractivity contribution in [3.8, 4) is 16.9 Å². The molecule has 0 aromatic heterocycles. The molecule has 2 nitrogen and oxygen atoms in total. The van der Waals surface area contributed by atoms with Gasteiger partial charge in [0.25, 0.3) is 0 Å². The maximum Gasteiger partial charge on any atom is 0.160 e. The van der Waals surface area contributed by atoms with Gasteiger partial charge in [-0.25, -0.2) is 0 Å². The zero-order valence-electron chi connectivity index (χ0n) is 10.2. The highest BCUT2D eigenvalue weighted by molar-refractivity contribution is 6.30. The van der Waals surface area contributed by atoms with E-state index in [1.165, 1.54) is 0 Å². The third kappa shape index (κ3) is 2.54. The predicted octanol–water partition coefficient (Wildman–Crippen LogP) is 4.22. The van der Waals surface area contributed by atoms with Crippen LogP contribution in [0.4, 0.5) is 0 Å². The molecule has 0 atom stereocenters. The summed E-state index contributed by atoms with van der Waals surface area (Å²) in [5.41, 5.74) is 2.49. The van der Waals surface area contributed by atoms with Gasteiger partial charge in [-0.2, -0.15) is 0 Å². The summed E-state index contributed by atoms with van der Waals surface area (Å²) in [5, 5.41) is 0.672. The molecule has 0 heterocycles. The highest BCUT2D eigenvalue weighted by atomic mass is 35.5. The number of hydrogen-bond acceptors (Lipinski definition) is 2. The number of hydrogen-bond donors (Lipinski definition) is 0. The van der Waals surface area contributed by atoms with Crippen LogP contribution < -0.4 is 4.74 Å². The summed E-state index contributed by atoms with van der Waals surface area (Å²) in [5.74, 6) is 0.757. The van der Waals surface area contributed by atoms with Gasteiger partial charge in [-0.05, 0) is 48.4 Å². The van der Waals surface area contributed by atoms with Gasteiger partial charge in [0.05, 0.1) is 7.11 Å². The van der Waals surface area contributed by atoms with Crippen molar-refractivity contribution in [2.24, 2.45) is 0 Å². The summed E-state index contributed by atoms with van der Waals surface area (Å²) in [6.45, 7) is 1.56. The molecule has 0 radical (unpaired) electrons. The number of carbonyl (C=O) groups is 1. The van der Waals surface area contributed by atoms with Crippen molar-refractivity contribution < 1.29 is 9.53 Å². The Kier molecular flexibility index (Phi) is 3.68. The molecule has 3 heteroatoms. The van der Waals surface area contributed by atoms with E-state index in [1.54, 1.807) is 38.3 Å². The maximum atomic E-state index is 11.6. The number of Topliss-reactive ketones (excluding diaryl/α,β-unsaturated/α-hetero) is 1. The lowest BCUT2D eigenvalue weighted by Crippen LogP contribution is -1.97. The first-order valence-corrected chi connectivity index (χ1v) is 5.94. The fourth-order valence-electron chi connectivity index (χ4n) is 1.83. The number of methoxy groups -OCH3 is 1. The van der Waals surface area contributed by atoms with Gasteiger partial charge in [0, 0.05) is 10.6 Å². The number of ketones is 1. The van der Waals surface area contributed by atoms with Crippen LogP contribution in [-0.4, -0.2) is 12.9 Å². The summed E-state index contributed by atoms with van der Waals surface area (Å²) >= 11 is 5.87. The van der Waals surface area contributed by atoms with Gasteiger partial charge in [0.15, 0.2) is 5.78 Å². The fraction of sp³-hybridized carbons (Fsp3) is 0.133. The van der Waals surface area contributed by atoms with Crippen LogP contribution in [0.3, 0.4) is 0 Å². The van der Waals surface area contributed by atoms with Crippen LogP contribution in [0.2, 0.25) is 5.02 Å². The molecule has 0 aliphatic rings. The van der Waals surface area contributed by atoms with Gasteiger partial charge >= 0.3 is 0 Å². The van der Waals surface area contributed by atoms with Gasteiger partial charge in [0.2, 0.25) is 0 Å². The Labute approximate surface area is 111 Å². The molecule has 0 fully saturated rings. The molecule has 0 saturated carbocycles. The van der Waals surface area contributed by atoms with Crippen molar-refractivity contribution in [3.63, 3.8) is 0 Å². The molecule has 0 saturated heterocycles. The third-order valence-electron chi connectivity index (χ3n) is 2.76. The molecule has 92 valence electrons. The molecule has 0 aliphatic heterocycles. The Hall–Kier alpha value is -1.80. The van der Waals surface area contributed by atoms with Crippen molar-refractivity contribution in [1.82, 2.24) is 0 Å². The normalized spacial score (nSPS) is 10.2. The average Bonchev–Trinajstić information content (AvgIpc) is 2.38. The van der Waals surface area contributed by atoms with Crippen LogP contribution in [0.25, 0.3) is 11.1 Å². The predicted molar refractivity (Wildman–Crippen MR) is 73.4 cm³/mol. The van der Waals surface area contributed by atoms with Crippen molar-refractivity contribution >= 4 is 17.4 Å². The minimum absolute atomic E-state index is 0.0302. The topological polar surface area (TPSA) is 26.3 Å². The highest BCUT2D eigenvalue weighted by Gasteiger charge is 2.10. The first-order chi connectivity index (χ1) is 8.61. The Bertz CT molecular complexity index is 574. The summed E-state index contributed by atoms with van der Waals surface area (Å²) in [6.07, 6.45) is 0. The van der Waals surface area contributed by atoms with Crippen molar-refractivity contribution in [1.29, 1.82) is 0 Å². The van der Waals surface area contributed by atoms with Crippen LogP contribution in [0, 0.1) is 0 Å². The molecule has 0 aliphatic carbocycles. The second-order valence-corrected chi connectivity index (χ2v) is 4.41. The minimum atomic E-state index is 0.0302. The molecule has 18 heavy (non-hydrogen) atoms. The van der Waals surface area contributed by atoms with Crippen LogP contribution in [0.1, 0.15) is 17.3 Å². The molecular formula is C15H13ClO2. The standard InChI is InChI=1S/C15H13ClO2/c1-10(17)14-8-7-13(18-2)9-15(14)11-3-5-12(16)6-4-11/h3-9H,1-2H3. The number of carbonyl (C=O) groups excluding carboxylic acids is 1. The number of halogens is 1. The van der Waals surface area contributed by atoms with E-state index >= 15 is 0 Å². The van der Waals surface area contributed by atoms with Crippen molar-refractivity contribution in [2.45, 2.75) is 6.92 Å². The molecule has 2 rings (SSSR count). The van der Waals surface area contributed by atoms with Gasteiger partial charge in [-0.15, -0.1) is 0 Å². The van der Waals surface area contributed by atoms with Crippen molar-refractivity contribution in [2.75, 3.05) is 7.11 Å². The molecule has 0 bridgehead atoms. The largest absolute Gasteiger partial charge is 0.497 e. The van der Waals surface area contributed by atoms with Crippen molar-refractivity contribution in [3.05, 3.63) is 53.1 Å². The lowest BCUT2D eigenvalue weighted by Gasteiger charge is -2.09. The third-order valence-corrected chi connectivity index (χ3v) is 3.01. The van der Waals surface area contributed by atoms with Gasteiger partial charge in [-0.1, -0.05) is 23.7 Å². The minimum Gasteiger partial charge on any atom is -0.497 e. The highest BCUT2D eigenvalue weighted by Crippen LogP contribution is 2.29. The molecule has 0 unspecified atom stereocenters. The van der Waals surface area contributed by atoms with E-state index in [2.05, 4.69) is 0 Å². The van der Waals surface area contributed by atoms with Crippen LogP contribution >= 0.6 is 11.6 Å². The molecule has 2 aromatic carbocycles. The Balaban J connectivity index is 2.59. The van der Waals surface area contributed by atoms with Crippen LogP contribution in [0.5, 0.6) is 5.75 Å². The van der Waals surface area contributed by atoms with Gasteiger partial charge < -0.3 is 4.74 Å². The lowest BCUT2D eigenvalue weighted by atomic mass is 9.97. The summed E-state index contributed by atoms with van der Waals surface area (Å²) in [6, 6.07) is 12.8. The zero-order valence-corrected chi connectivity index (χ0v) is 11.0. The second-order valence-electron chi connectivity index (χ2n) is 3.97. The zero-order chi connectivity index (χ0) is 13.1. The van der Waals surface area contributed by atoms with E-state index in [0.717, 1.165) is 16.9 Å². The summed E-state index contributed by atoms with van der Waals surface area (Å²) in [4.78, 5) is 11.6. The molecular weight excluding hydrogens is 248 g/mol. The summed E-state index contributed by atoms with van der Waals surface area (Å²) in [7, 11) is 1.61. The quantitative estimate of drug-likeness (QED) is 0.773. The Morgan fingerprint density at radius 2 is 1.78 bits per heavy atom. The van der Waals surface area contributed by atoms with E-state index in [0.29, 0.717) is 10.6 Å². The molecule has 0 N–H and O–H groups in total. The average molecular weight is 261 g/mol. The molecule has 0 amide bonds. The number of ether oxygens (including phenoxy) is 1. The van der Waals surface area contributed by atoms with Crippen LogP contribution in [-0.2, 0) is 0 Å². The smallest absolute Gasteiger partial charge is 0.160 e. The maximum absolute atomic E-state index is 11.6. The Morgan fingerprint density at radius 3 is 2.33 bits per heavy atom. The van der Waals surface area contributed by atoms with E-state index in [4.69, 9.17) is 16.3 Å². The lowest BCUT2D eigenvalue weighted by molar-refractivity contribution is 0.101. The number of rotatable bonds is 3.